The van der Waals surface area contributed by atoms with Crippen molar-refractivity contribution in [3.05, 3.63) is 0 Å². The summed E-state index contributed by atoms with van der Waals surface area (Å²) in [4.78, 5) is 37.1. The topological polar surface area (TPSA) is 125 Å². The number of carbonyl (C=O) groups is 3. The van der Waals surface area contributed by atoms with Crippen molar-refractivity contribution < 1.29 is 29.3 Å². The number of aliphatic hydroxyl groups excluding tert-OH is 1. The predicted molar refractivity (Wildman–Crippen MR) is 131 cm³/mol. The fourth-order valence-electron chi connectivity index (χ4n) is 3.74. The average Bonchev–Trinajstić information content (AvgIpc) is 2.55. The van der Waals surface area contributed by atoms with Crippen LogP contribution in [0.1, 0.15) is 82.1 Å². The highest BCUT2D eigenvalue weighted by Gasteiger charge is 2.42. The first kappa shape index (κ1) is 32.9. The SMILES string of the molecule is CC(C)(CC(C)(C)C(=O)NCCOC(C)(C)CO)NC(=O)C(C)(C)CC(C)(C)C(=O)O.S. The number of amides is 2. The van der Waals surface area contributed by atoms with E-state index in [1.165, 1.54) is 0 Å². The smallest absolute Gasteiger partial charge is 0.309 e. The molecule has 0 spiro atoms. The minimum Gasteiger partial charge on any atom is -0.481 e. The lowest BCUT2D eigenvalue weighted by molar-refractivity contribution is -0.150. The number of carbonyl (C=O) groups excluding carboxylic acids is 2. The van der Waals surface area contributed by atoms with Crippen LogP contribution in [0.15, 0.2) is 0 Å². The van der Waals surface area contributed by atoms with E-state index in [1.54, 1.807) is 41.5 Å². The van der Waals surface area contributed by atoms with Gasteiger partial charge in [-0.3, -0.25) is 14.4 Å². The second kappa shape index (κ2) is 11.7. The number of aliphatic hydroxyl groups is 1. The van der Waals surface area contributed by atoms with E-state index in [9.17, 15) is 24.6 Å². The molecule has 0 radical (unpaired) electrons. The zero-order valence-electron chi connectivity index (χ0n) is 21.6. The fraction of sp³-hybridized carbons (Fsp3) is 0.870. The predicted octanol–water partition coefficient (Wildman–Crippen LogP) is 2.84. The lowest BCUT2D eigenvalue weighted by Crippen LogP contribution is -2.53. The number of rotatable bonds is 13. The number of carboxylic acids is 1. The zero-order valence-corrected chi connectivity index (χ0v) is 22.6. The van der Waals surface area contributed by atoms with Gasteiger partial charge in [-0.1, -0.05) is 27.7 Å². The molecule has 0 aliphatic carbocycles. The molecule has 2 amide bonds. The van der Waals surface area contributed by atoms with E-state index in [0.29, 0.717) is 13.0 Å². The first-order valence-electron chi connectivity index (χ1n) is 10.8. The van der Waals surface area contributed by atoms with Crippen molar-refractivity contribution >= 4 is 31.3 Å². The third kappa shape index (κ3) is 11.0. The van der Waals surface area contributed by atoms with Gasteiger partial charge in [0.1, 0.15) is 0 Å². The van der Waals surface area contributed by atoms with Gasteiger partial charge in [0, 0.05) is 22.9 Å². The summed E-state index contributed by atoms with van der Waals surface area (Å²) in [6, 6.07) is 0. The van der Waals surface area contributed by atoms with E-state index >= 15 is 0 Å². The number of carboxylic acid groups (broad SMARTS) is 1. The molecule has 0 saturated heterocycles. The molecular weight excluding hydrogens is 432 g/mol. The molecule has 190 valence electrons. The summed E-state index contributed by atoms with van der Waals surface area (Å²) in [5.41, 5.74) is -4.01. The molecule has 0 unspecified atom stereocenters. The van der Waals surface area contributed by atoms with Crippen LogP contribution in [0.2, 0.25) is 0 Å². The van der Waals surface area contributed by atoms with Gasteiger partial charge in [-0.05, 0) is 54.4 Å². The van der Waals surface area contributed by atoms with Gasteiger partial charge in [0.2, 0.25) is 11.8 Å². The molecule has 0 atom stereocenters. The Morgan fingerprint density at radius 3 is 1.69 bits per heavy atom. The third-order valence-corrected chi connectivity index (χ3v) is 5.29. The van der Waals surface area contributed by atoms with Gasteiger partial charge in [0.15, 0.2) is 0 Å². The van der Waals surface area contributed by atoms with Crippen LogP contribution in [0, 0.1) is 16.2 Å². The zero-order chi connectivity index (χ0) is 24.9. The Hall–Kier alpha value is -1.32. The molecule has 8 nitrogen and oxygen atoms in total. The lowest BCUT2D eigenvalue weighted by atomic mass is 9.73. The van der Waals surface area contributed by atoms with Crippen molar-refractivity contribution in [1.29, 1.82) is 0 Å². The summed E-state index contributed by atoms with van der Waals surface area (Å²) < 4.78 is 5.53. The minimum absolute atomic E-state index is 0. The Morgan fingerprint density at radius 1 is 0.781 bits per heavy atom. The van der Waals surface area contributed by atoms with Crippen LogP contribution >= 0.6 is 13.5 Å². The Balaban J connectivity index is 0. The van der Waals surface area contributed by atoms with Gasteiger partial charge in [-0.25, -0.2) is 0 Å². The number of nitrogens with one attached hydrogen (secondary N) is 2. The Bertz CT molecular complexity index is 657. The summed E-state index contributed by atoms with van der Waals surface area (Å²) in [6.07, 6.45) is 0.574. The molecule has 0 fully saturated rings. The van der Waals surface area contributed by atoms with Gasteiger partial charge >= 0.3 is 5.97 Å². The highest BCUT2D eigenvalue weighted by atomic mass is 32.1. The summed E-state index contributed by atoms with van der Waals surface area (Å²) in [5.74, 6) is -1.36. The highest BCUT2D eigenvalue weighted by Crippen LogP contribution is 2.35. The molecule has 0 rings (SSSR count). The molecule has 0 aromatic carbocycles. The van der Waals surface area contributed by atoms with Crippen molar-refractivity contribution in [2.75, 3.05) is 19.8 Å². The van der Waals surface area contributed by atoms with E-state index < -0.39 is 33.4 Å². The molecule has 9 heteroatoms. The van der Waals surface area contributed by atoms with E-state index in [-0.39, 0.29) is 44.9 Å². The van der Waals surface area contributed by atoms with Crippen LogP contribution in [0.5, 0.6) is 0 Å². The largest absolute Gasteiger partial charge is 0.481 e. The van der Waals surface area contributed by atoms with Crippen LogP contribution in [-0.4, -0.2) is 58.9 Å². The summed E-state index contributed by atoms with van der Waals surface area (Å²) in [6.45, 7) is 18.0. The molecule has 0 aromatic heterocycles. The summed E-state index contributed by atoms with van der Waals surface area (Å²) in [7, 11) is 0. The first-order valence-corrected chi connectivity index (χ1v) is 10.8. The van der Waals surface area contributed by atoms with E-state index in [1.807, 2.05) is 27.7 Å². The van der Waals surface area contributed by atoms with Crippen molar-refractivity contribution in [2.24, 2.45) is 16.2 Å². The highest BCUT2D eigenvalue weighted by molar-refractivity contribution is 7.59. The monoisotopic (exact) mass is 478 g/mol. The second-order valence-electron chi connectivity index (χ2n) is 11.7. The standard InChI is InChI=1S/C23H44N2O6.H2S/c1-19(2,13-21(5,6)18(29)30)17(28)25-22(7,8)14-20(3,4)16(27)24-11-12-31-23(9,10)15-26;/h26H,11-15H2,1-10H3,(H,24,27)(H,25,28)(H,29,30);1H2. The van der Waals surface area contributed by atoms with Crippen LogP contribution in [-0.2, 0) is 19.1 Å². The second-order valence-corrected chi connectivity index (χ2v) is 11.7. The van der Waals surface area contributed by atoms with Gasteiger partial charge in [0.25, 0.3) is 0 Å². The fourth-order valence-corrected chi connectivity index (χ4v) is 3.74. The summed E-state index contributed by atoms with van der Waals surface area (Å²) in [5, 5.41) is 24.4. The molecule has 0 aromatic rings. The minimum atomic E-state index is -1.03. The van der Waals surface area contributed by atoms with Crippen LogP contribution in [0.3, 0.4) is 0 Å². The van der Waals surface area contributed by atoms with Crippen LogP contribution in [0.25, 0.3) is 0 Å². The third-order valence-electron chi connectivity index (χ3n) is 5.29. The van der Waals surface area contributed by atoms with Crippen molar-refractivity contribution in [2.45, 2.75) is 93.2 Å². The normalized spacial score (nSPS) is 13.2. The number of hydrogen-bond acceptors (Lipinski definition) is 5. The van der Waals surface area contributed by atoms with E-state index in [4.69, 9.17) is 4.74 Å². The molecule has 0 bridgehead atoms. The number of hydrogen-bond donors (Lipinski definition) is 4. The van der Waals surface area contributed by atoms with Crippen molar-refractivity contribution in [3.63, 3.8) is 0 Å². The average molecular weight is 479 g/mol. The molecular formula is C23H46N2O6S. The number of aliphatic carboxylic acids is 1. The quantitative estimate of drug-likeness (QED) is 0.302. The molecule has 32 heavy (non-hydrogen) atoms. The Labute approximate surface area is 200 Å². The van der Waals surface area contributed by atoms with Crippen LogP contribution < -0.4 is 10.6 Å². The molecule has 0 aliphatic rings. The van der Waals surface area contributed by atoms with Gasteiger partial charge < -0.3 is 25.6 Å². The van der Waals surface area contributed by atoms with Crippen LogP contribution in [0.4, 0.5) is 0 Å². The lowest BCUT2D eigenvalue weighted by Gasteiger charge is -2.38. The van der Waals surface area contributed by atoms with Gasteiger partial charge in [0.05, 0.1) is 24.2 Å². The van der Waals surface area contributed by atoms with E-state index in [2.05, 4.69) is 10.6 Å². The van der Waals surface area contributed by atoms with Gasteiger partial charge in [-0.2, -0.15) is 13.5 Å². The maximum absolute atomic E-state index is 12.9. The first-order chi connectivity index (χ1) is 13.7. The van der Waals surface area contributed by atoms with E-state index in [0.717, 1.165) is 0 Å². The summed E-state index contributed by atoms with van der Waals surface area (Å²) >= 11 is 0. The maximum atomic E-state index is 12.9. The molecule has 0 heterocycles. The van der Waals surface area contributed by atoms with Gasteiger partial charge in [-0.15, -0.1) is 0 Å². The van der Waals surface area contributed by atoms with Crippen molar-refractivity contribution in [3.8, 4) is 0 Å². The Morgan fingerprint density at radius 2 is 1.25 bits per heavy atom. The number of ether oxygens (including phenoxy) is 1. The molecule has 0 aliphatic heterocycles. The van der Waals surface area contributed by atoms with Crippen molar-refractivity contribution in [1.82, 2.24) is 10.6 Å². The molecule has 4 N–H and O–H groups in total. The molecule has 0 saturated carbocycles. The maximum Gasteiger partial charge on any atom is 0.309 e. The Kier molecular flexibility index (Phi) is 12.0.